The standard InChI is InChI=1S/C28H47N5O9/c1-7-28(5,6)18-42-27(39)30-12-11-29-25(37)20(4)31-26(38)24(19(2)3)32-21(34)10-14-40-16-17-41-15-13-33-22(35)8-9-23(33)36/h8-9,19-20,24H,7,10-18H2,1-6H3,(H,29,37)(H,30,39)(H,31,38)(H,32,34)/t20-,24-/m0/s1. The highest BCUT2D eigenvalue weighted by molar-refractivity contribution is 6.12. The van der Waals surface area contributed by atoms with Crippen LogP contribution in [-0.4, -0.2) is 105 Å². The van der Waals surface area contributed by atoms with Crippen LogP contribution in [0.4, 0.5) is 4.79 Å². The fraction of sp³-hybridized carbons (Fsp3) is 0.714. The predicted molar refractivity (Wildman–Crippen MR) is 153 cm³/mol. The van der Waals surface area contributed by atoms with Gasteiger partial charge < -0.3 is 35.5 Å². The van der Waals surface area contributed by atoms with Crippen molar-refractivity contribution in [2.45, 2.75) is 66.5 Å². The third-order valence-corrected chi connectivity index (χ3v) is 6.47. The number of carbonyl (C=O) groups is 6. The normalized spacial score (nSPS) is 14.5. The molecule has 238 valence electrons. The maximum atomic E-state index is 12.8. The summed E-state index contributed by atoms with van der Waals surface area (Å²) in [6, 6.07) is -1.72. The summed E-state index contributed by atoms with van der Waals surface area (Å²) < 4.78 is 15.9. The molecule has 6 amide bonds. The van der Waals surface area contributed by atoms with Gasteiger partial charge in [0.05, 0.1) is 39.6 Å². The number of amides is 6. The number of alkyl carbamates (subject to hydrolysis) is 1. The van der Waals surface area contributed by atoms with Crippen LogP contribution in [0.15, 0.2) is 12.2 Å². The monoisotopic (exact) mass is 597 g/mol. The summed E-state index contributed by atoms with van der Waals surface area (Å²) in [6.45, 7) is 12.5. The quantitative estimate of drug-likeness (QED) is 0.113. The molecular formula is C28H47N5O9. The highest BCUT2D eigenvalue weighted by Gasteiger charge is 2.27. The molecule has 0 bridgehead atoms. The number of hydrogen-bond acceptors (Lipinski definition) is 9. The molecule has 0 aliphatic carbocycles. The van der Waals surface area contributed by atoms with Gasteiger partial charge in [0.25, 0.3) is 11.8 Å². The molecule has 0 radical (unpaired) electrons. The van der Waals surface area contributed by atoms with Gasteiger partial charge in [-0.1, -0.05) is 34.6 Å². The molecule has 14 nitrogen and oxygen atoms in total. The Balaban J connectivity index is 2.24. The molecule has 4 N–H and O–H groups in total. The number of hydrogen-bond donors (Lipinski definition) is 4. The molecule has 1 aliphatic rings. The van der Waals surface area contributed by atoms with Gasteiger partial charge in [0.15, 0.2) is 0 Å². The van der Waals surface area contributed by atoms with E-state index in [2.05, 4.69) is 21.3 Å². The zero-order valence-corrected chi connectivity index (χ0v) is 25.6. The Morgan fingerprint density at radius 1 is 0.857 bits per heavy atom. The first-order chi connectivity index (χ1) is 19.8. The highest BCUT2D eigenvalue weighted by Crippen LogP contribution is 2.19. The Bertz CT molecular complexity index is 949. The van der Waals surface area contributed by atoms with E-state index < -0.39 is 30.0 Å². The highest BCUT2D eigenvalue weighted by atomic mass is 16.5. The Kier molecular flexibility index (Phi) is 16.4. The Morgan fingerprint density at radius 2 is 1.45 bits per heavy atom. The van der Waals surface area contributed by atoms with E-state index in [-0.39, 0.29) is 88.1 Å². The second-order valence-electron chi connectivity index (χ2n) is 11.0. The van der Waals surface area contributed by atoms with Crippen LogP contribution in [0.25, 0.3) is 0 Å². The van der Waals surface area contributed by atoms with Crippen molar-refractivity contribution in [1.82, 2.24) is 26.2 Å². The van der Waals surface area contributed by atoms with Crippen LogP contribution in [0.1, 0.15) is 54.4 Å². The molecule has 2 atom stereocenters. The molecule has 0 fully saturated rings. The Labute approximate surface area is 247 Å². The summed E-state index contributed by atoms with van der Waals surface area (Å²) in [4.78, 5) is 73.3. The van der Waals surface area contributed by atoms with E-state index in [1.165, 1.54) is 19.1 Å². The van der Waals surface area contributed by atoms with Gasteiger partial charge in [0, 0.05) is 31.7 Å². The lowest BCUT2D eigenvalue weighted by Crippen LogP contribution is -2.55. The van der Waals surface area contributed by atoms with Crippen molar-refractivity contribution < 1.29 is 43.0 Å². The lowest BCUT2D eigenvalue weighted by Gasteiger charge is -2.24. The van der Waals surface area contributed by atoms with Crippen LogP contribution in [-0.2, 0) is 38.2 Å². The van der Waals surface area contributed by atoms with E-state index in [1.54, 1.807) is 13.8 Å². The average Bonchev–Trinajstić information content (AvgIpc) is 3.26. The molecule has 1 rings (SSSR count). The molecule has 1 aliphatic heterocycles. The first-order valence-electron chi connectivity index (χ1n) is 14.2. The van der Waals surface area contributed by atoms with E-state index in [0.29, 0.717) is 0 Å². The molecule has 0 aromatic carbocycles. The van der Waals surface area contributed by atoms with E-state index >= 15 is 0 Å². The number of nitrogens with zero attached hydrogens (tertiary/aromatic N) is 1. The minimum atomic E-state index is -0.866. The van der Waals surface area contributed by atoms with E-state index in [4.69, 9.17) is 14.2 Å². The summed E-state index contributed by atoms with van der Waals surface area (Å²) in [5.41, 5.74) is -0.114. The zero-order chi connectivity index (χ0) is 31.7. The maximum Gasteiger partial charge on any atom is 0.407 e. The van der Waals surface area contributed by atoms with Crippen molar-refractivity contribution in [2.75, 3.05) is 52.7 Å². The van der Waals surface area contributed by atoms with Crippen molar-refractivity contribution >= 4 is 35.6 Å². The zero-order valence-electron chi connectivity index (χ0n) is 25.6. The van der Waals surface area contributed by atoms with Crippen LogP contribution in [0.3, 0.4) is 0 Å². The van der Waals surface area contributed by atoms with Crippen molar-refractivity contribution in [3.05, 3.63) is 12.2 Å². The SMILES string of the molecule is CCC(C)(C)COC(=O)NCCNC(=O)[C@H](C)NC(=O)[C@@H](NC(=O)CCOCCOCCN1C(=O)C=CC1=O)C(C)C. The molecule has 0 saturated carbocycles. The van der Waals surface area contributed by atoms with Crippen molar-refractivity contribution in [1.29, 1.82) is 0 Å². The predicted octanol–water partition coefficient (Wildman–Crippen LogP) is 0.259. The van der Waals surface area contributed by atoms with Crippen molar-refractivity contribution in [2.24, 2.45) is 11.3 Å². The summed E-state index contributed by atoms with van der Waals surface area (Å²) in [5.74, 6) is -2.30. The second kappa shape index (κ2) is 18.8. The number of rotatable bonds is 20. The molecule has 42 heavy (non-hydrogen) atoms. The van der Waals surface area contributed by atoms with Crippen LogP contribution >= 0.6 is 0 Å². The van der Waals surface area contributed by atoms with Gasteiger partial charge in [-0.25, -0.2) is 4.79 Å². The summed E-state index contributed by atoms with van der Waals surface area (Å²) in [5, 5.41) is 10.5. The summed E-state index contributed by atoms with van der Waals surface area (Å²) >= 11 is 0. The first-order valence-corrected chi connectivity index (χ1v) is 14.2. The minimum absolute atomic E-state index is 0.0143. The van der Waals surface area contributed by atoms with Crippen molar-refractivity contribution in [3.63, 3.8) is 0 Å². The first kappa shape index (κ1) is 36.5. The largest absolute Gasteiger partial charge is 0.449 e. The van der Waals surface area contributed by atoms with Gasteiger partial charge in [0.2, 0.25) is 17.7 Å². The average molecular weight is 598 g/mol. The van der Waals surface area contributed by atoms with Crippen LogP contribution in [0, 0.1) is 11.3 Å². The van der Waals surface area contributed by atoms with Crippen LogP contribution in [0.5, 0.6) is 0 Å². The van der Waals surface area contributed by atoms with Gasteiger partial charge >= 0.3 is 6.09 Å². The minimum Gasteiger partial charge on any atom is -0.449 e. The third-order valence-electron chi connectivity index (χ3n) is 6.47. The van der Waals surface area contributed by atoms with Gasteiger partial charge in [-0.2, -0.15) is 0 Å². The fourth-order valence-electron chi connectivity index (χ4n) is 3.36. The summed E-state index contributed by atoms with van der Waals surface area (Å²) in [7, 11) is 0. The molecule has 0 aromatic rings. The summed E-state index contributed by atoms with van der Waals surface area (Å²) in [6.07, 6.45) is 2.73. The number of nitrogens with one attached hydrogen (secondary N) is 4. The molecule has 0 aromatic heterocycles. The topological polar surface area (TPSA) is 181 Å². The number of carbonyl (C=O) groups excluding carboxylic acids is 6. The molecule has 1 heterocycles. The van der Waals surface area contributed by atoms with Gasteiger partial charge in [-0.05, 0) is 24.7 Å². The van der Waals surface area contributed by atoms with Gasteiger partial charge in [-0.15, -0.1) is 0 Å². The number of ether oxygens (including phenoxy) is 3. The molecule has 0 spiro atoms. The molecular weight excluding hydrogens is 550 g/mol. The van der Waals surface area contributed by atoms with Crippen LogP contribution in [0.2, 0.25) is 0 Å². The fourth-order valence-corrected chi connectivity index (χ4v) is 3.36. The smallest absolute Gasteiger partial charge is 0.407 e. The van der Waals surface area contributed by atoms with Crippen LogP contribution < -0.4 is 21.3 Å². The lowest BCUT2D eigenvalue weighted by atomic mass is 9.92. The number of imide groups is 1. The Hall–Kier alpha value is -3.52. The second-order valence-corrected chi connectivity index (χ2v) is 11.0. The molecule has 0 saturated heterocycles. The van der Waals surface area contributed by atoms with E-state index in [9.17, 15) is 28.8 Å². The third kappa shape index (κ3) is 14.4. The van der Waals surface area contributed by atoms with Gasteiger partial charge in [-0.3, -0.25) is 28.9 Å². The van der Waals surface area contributed by atoms with E-state index in [0.717, 1.165) is 11.3 Å². The maximum absolute atomic E-state index is 12.8. The van der Waals surface area contributed by atoms with E-state index in [1.807, 2.05) is 20.8 Å². The Morgan fingerprint density at radius 3 is 2.05 bits per heavy atom. The molecule has 14 heteroatoms. The van der Waals surface area contributed by atoms with Gasteiger partial charge in [0.1, 0.15) is 12.1 Å². The molecule has 0 unspecified atom stereocenters. The van der Waals surface area contributed by atoms with Crippen molar-refractivity contribution in [3.8, 4) is 0 Å². The lowest BCUT2D eigenvalue weighted by molar-refractivity contribution is -0.137.